The second-order valence-corrected chi connectivity index (χ2v) is 16.4. The number of nitrogens with one attached hydrogen (secondary N) is 1. The molecule has 10 heteroatoms. The van der Waals surface area contributed by atoms with Gasteiger partial charge in [0.25, 0.3) is 5.95 Å². The van der Waals surface area contributed by atoms with Gasteiger partial charge in [0, 0.05) is 43.0 Å². The summed E-state index contributed by atoms with van der Waals surface area (Å²) >= 11 is 0. The molecule has 2 aliphatic rings. The number of Topliss-reactive ketones (excluding diaryl/α,β-unsaturated/α-hetero) is 1. The third-order valence-corrected chi connectivity index (χ3v) is 12.2. The van der Waals surface area contributed by atoms with E-state index >= 15 is 0 Å². The Morgan fingerprint density at radius 1 is 1.26 bits per heavy atom. The smallest absolute Gasteiger partial charge is 0.252 e. The number of ketones is 1. The maximum atomic E-state index is 13.6. The maximum absolute atomic E-state index is 13.6. The molecular weight excluding hydrogens is 468 g/mol. The van der Waals surface area contributed by atoms with Crippen LogP contribution in [0.5, 0.6) is 0 Å². The van der Waals surface area contributed by atoms with Crippen molar-refractivity contribution in [3.63, 3.8) is 0 Å². The van der Waals surface area contributed by atoms with Gasteiger partial charge in [-0.15, -0.1) is 0 Å². The molecule has 2 saturated carbocycles. The lowest BCUT2D eigenvalue weighted by molar-refractivity contribution is -0.118. The number of carbonyl (C=O) groups excluding carboxylic acids is 1. The average Bonchev–Trinajstić information content (AvgIpc) is 3.43. The molecule has 0 spiro atoms. The van der Waals surface area contributed by atoms with Crippen molar-refractivity contribution in [1.29, 1.82) is 0 Å². The van der Waals surface area contributed by atoms with Gasteiger partial charge in [-0.25, -0.2) is 18.4 Å². The number of nitrogens with zero attached hydrogens (tertiary/aromatic N) is 4. The predicted molar refractivity (Wildman–Crippen MR) is 133 cm³/mol. The summed E-state index contributed by atoms with van der Waals surface area (Å²) in [6.45, 7) is 13.0. The van der Waals surface area contributed by atoms with E-state index in [0.717, 1.165) is 17.8 Å². The fourth-order valence-electron chi connectivity index (χ4n) is 4.20. The average molecular weight is 506 g/mol. The highest BCUT2D eigenvalue weighted by Crippen LogP contribution is 2.47. The summed E-state index contributed by atoms with van der Waals surface area (Å²) in [5.41, 5.74) is 1.58. The van der Waals surface area contributed by atoms with Gasteiger partial charge in [-0.3, -0.25) is 4.79 Å². The minimum absolute atomic E-state index is 0.0230. The lowest BCUT2D eigenvalue weighted by atomic mass is 9.92. The highest BCUT2D eigenvalue weighted by atomic mass is 28.4. The van der Waals surface area contributed by atoms with E-state index in [4.69, 9.17) is 9.41 Å². The summed E-state index contributed by atoms with van der Waals surface area (Å²) in [4.78, 5) is 21.2. The van der Waals surface area contributed by atoms with Crippen LogP contribution in [0.1, 0.15) is 77.1 Å². The van der Waals surface area contributed by atoms with Crippen molar-refractivity contribution in [3.05, 3.63) is 29.7 Å². The highest BCUT2D eigenvalue weighted by Gasteiger charge is 2.43. The maximum Gasteiger partial charge on any atom is 0.252 e. The topological polar surface area (TPSA) is 81.9 Å². The zero-order valence-corrected chi connectivity index (χ0v) is 22.6. The Balaban J connectivity index is 1.54. The summed E-state index contributed by atoms with van der Waals surface area (Å²) in [5, 5.41) is 8.08. The van der Waals surface area contributed by atoms with Gasteiger partial charge in [0.05, 0.1) is 18.0 Å². The summed E-state index contributed by atoms with van der Waals surface area (Å²) in [6.07, 6.45) is 3.10. The third kappa shape index (κ3) is 6.14. The van der Waals surface area contributed by atoms with E-state index in [1.807, 2.05) is 18.3 Å². The molecule has 0 saturated heterocycles. The Bertz CT molecular complexity index is 1070. The molecule has 2 aromatic heterocycles. The second kappa shape index (κ2) is 9.35. The summed E-state index contributed by atoms with van der Waals surface area (Å²) in [5.74, 6) is -1.40. The zero-order chi connectivity index (χ0) is 25.6. The lowest BCUT2D eigenvalue weighted by Gasteiger charge is -2.35. The van der Waals surface area contributed by atoms with Crippen LogP contribution < -0.4 is 5.32 Å². The number of hydrogen-bond donors (Lipinski definition) is 1. The van der Waals surface area contributed by atoms with E-state index in [1.54, 1.807) is 11.6 Å². The molecular formula is C25H37F2N5O2Si. The molecule has 2 fully saturated rings. The quantitative estimate of drug-likeness (QED) is 0.452. The van der Waals surface area contributed by atoms with Crippen LogP contribution >= 0.6 is 0 Å². The van der Waals surface area contributed by atoms with Crippen molar-refractivity contribution in [2.45, 2.75) is 102 Å². The van der Waals surface area contributed by atoms with Gasteiger partial charge in [-0.2, -0.15) is 10.1 Å². The van der Waals surface area contributed by atoms with E-state index in [2.05, 4.69) is 49.3 Å². The van der Waals surface area contributed by atoms with Crippen molar-refractivity contribution < 1.29 is 18.0 Å². The lowest BCUT2D eigenvalue weighted by Crippen LogP contribution is -2.40. The molecule has 192 valence electrons. The van der Waals surface area contributed by atoms with Crippen molar-refractivity contribution in [3.8, 4) is 5.95 Å². The number of aromatic nitrogens is 4. The summed E-state index contributed by atoms with van der Waals surface area (Å²) in [6, 6.07) is 3.68. The Kier molecular flexibility index (Phi) is 6.91. The van der Waals surface area contributed by atoms with E-state index in [9.17, 15) is 13.6 Å². The molecule has 1 N–H and O–H groups in total. The van der Waals surface area contributed by atoms with E-state index in [-0.39, 0.29) is 41.5 Å². The Labute approximate surface area is 207 Å². The second-order valence-electron chi connectivity index (χ2n) is 11.6. The van der Waals surface area contributed by atoms with Gasteiger partial charge >= 0.3 is 0 Å². The number of anilines is 1. The molecule has 2 unspecified atom stereocenters. The number of hydrogen-bond acceptors (Lipinski definition) is 6. The molecule has 0 bridgehead atoms. The van der Waals surface area contributed by atoms with Gasteiger partial charge < -0.3 is 9.74 Å². The van der Waals surface area contributed by atoms with Crippen molar-refractivity contribution >= 4 is 19.9 Å². The monoisotopic (exact) mass is 505 g/mol. The van der Waals surface area contributed by atoms with Gasteiger partial charge in [-0.1, -0.05) is 20.8 Å². The van der Waals surface area contributed by atoms with Gasteiger partial charge in [-0.05, 0) is 50.4 Å². The zero-order valence-electron chi connectivity index (χ0n) is 21.6. The minimum Gasteiger partial charge on any atom is -0.411 e. The van der Waals surface area contributed by atoms with Crippen LogP contribution in [-0.4, -0.2) is 45.8 Å². The van der Waals surface area contributed by atoms with E-state index in [1.165, 1.54) is 0 Å². The Morgan fingerprint density at radius 3 is 2.54 bits per heavy atom. The van der Waals surface area contributed by atoms with Crippen LogP contribution in [0.3, 0.4) is 0 Å². The standard InChI is InChI=1S/C25H37F2N5O2Si/c1-16(33)19-13-20(19)21-14-22(28-17-7-10-25(26,27)11-8-17)30-23(29-21)32-12-9-18(31-32)15-34-35(5,6)24(2,3)4/h9,12,14,17,19-20H,7-8,10-11,13,15H2,1-6H3,(H,28,29,30). The van der Waals surface area contributed by atoms with Crippen molar-refractivity contribution in [2.24, 2.45) is 5.92 Å². The first kappa shape index (κ1) is 25.9. The fraction of sp³-hybridized carbons (Fsp3) is 0.680. The molecule has 2 aliphatic carbocycles. The van der Waals surface area contributed by atoms with E-state index in [0.29, 0.717) is 31.2 Å². The molecule has 4 rings (SSSR count). The first-order valence-electron chi connectivity index (χ1n) is 12.5. The van der Waals surface area contributed by atoms with Crippen LogP contribution in [0.2, 0.25) is 18.1 Å². The Hall–Kier alpha value is -2.20. The first-order chi connectivity index (χ1) is 16.2. The van der Waals surface area contributed by atoms with Crippen LogP contribution in [0.25, 0.3) is 5.95 Å². The van der Waals surface area contributed by atoms with Crippen LogP contribution in [0.4, 0.5) is 14.6 Å². The van der Waals surface area contributed by atoms with Crippen LogP contribution in [0, 0.1) is 5.92 Å². The molecule has 0 aromatic carbocycles. The van der Waals surface area contributed by atoms with E-state index < -0.39 is 14.2 Å². The molecule has 0 amide bonds. The van der Waals surface area contributed by atoms with Crippen molar-refractivity contribution in [1.82, 2.24) is 19.7 Å². The molecule has 2 aromatic rings. The fourth-order valence-corrected chi connectivity index (χ4v) is 5.15. The van der Waals surface area contributed by atoms with Gasteiger partial charge in [0.1, 0.15) is 11.6 Å². The molecule has 0 aliphatic heterocycles. The third-order valence-electron chi connectivity index (χ3n) is 7.73. The largest absolute Gasteiger partial charge is 0.411 e. The molecule has 7 nitrogen and oxygen atoms in total. The summed E-state index contributed by atoms with van der Waals surface area (Å²) in [7, 11) is -1.91. The van der Waals surface area contributed by atoms with Gasteiger partial charge in [0.2, 0.25) is 5.92 Å². The summed E-state index contributed by atoms with van der Waals surface area (Å²) < 4.78 is 35.1. The highest BCUT2D eigenvalue weighted by molar-refractivity contribution is 6.74. The molecule has 35 heavy (non-hydrogen) atoms. The van der Waals surface area contributed by atoms with Crippen LogP contribution in [-0.2, 0) is 15.8 Å². The van der Waals surface area contributed by atoms with Crippen LogP contribution in [0.15, 0.2) is 18.3 Å². The first-order valence-corrected chi connectivity index (χ1v) is 15.4. The molecule has 2 atom stereocenters. The predicted octanol–water partition coefficient (Wildman–Crippen LogP) is 5.87. The number of carbonyl (C=O) groups is 1. The normalized spacial score (nSPS) is 22.7. The molecule has 2 heterocycles. The minimum atomic E-state index is -2.58. The SMILES string of the molecule is CC(=O)C1CC1c1cc(NC2CCC(F)(F)CC2)nc(-n2ccc(CO[Si](C)(C)C(C)(C)C)n2)n1. The number of rotatable bonds is 8. The van der Waals surface area contributed by atoms with Gasteiger partial charge in [0.15, 0.2) is 8.32 Å². The Morgan fingerprint density at radius 2 is 1.94 bits per heavy atom. The van der Waals surface area contributed by atoms with Crippen molar-refractivity contribution in [2.75, 3.05) is 5.32 Å². The molecule has 0 radical (unpaired) electrons. The number of halogens is 2. The number of alkyl halides is 2.